The van der Waals surface area contributed by atoms with Crippen LogP contribution in [0.4, 0.5) is 0 Å². The molecule has 2 unspecified atom stereocenters. The summed E-state index contributed by atoms with van der Waals surface area (Å²) in [6, 6.07) is 9.20. The van der Waals surface area contributed by atoms with E-state index in [1.54, 1.807) is 7.11 Å². The molecule has 1 heterocycles. The topological polar surface area (TPSA) is 30.5 Å². The van der Waals surface area contributed by atoms with Crippen molar-refractivity contribution in [2.45, 2.75) is 44.9 Å². The van der Waals surface area contributed by atoms with Crippen molar-refractivity contribution in [3.8, 4) is 5.75 Å². The van der Waals surface area contributed by atoms with Gasteiger partial charge in [0.1, 0.15) is 5.75 Å². The van der Waals surface area contributed by atoms with Crippen molar-refractivity contribution in [1.29, 1.82) is 0 Å². The van der Waals surface area contributed by atoms with Crippen molar-refractivity contribution in [3.63, 3.8) is 0 Å². The van der Waals surface area contributed by atoms with E-state index in [0.29, 0.717) is 18.2 Å². The van der Waals surface area contributed by atoms with Crippen molar-refractivity contribution < 1.29 is 9.47 Å². The lowest BCUT2D eigenvalue weighted by atomic mass is 10.0. The largest absolute Gasteiger partial charge is 0.497 e. The Morgan fingerprint density at radius 3 is 2.67 bits per heavy atom. The minimum absolute atomic E-state index is 0.367. The monoisotopic (exact) mass is 249 g/mol. The summed E-state index contributed by atoms with van der Waals surface area (Å²) in [5.74, 6) is 0.908. The third kappa shape index (κ3) is 3.47. The molecule has 1 aliphatic heterocycles. The summed E-state index contributed by atoms with van der Waals surface area (Å²) in [5, 5.41) is 3.68. The molecule has 0 spiro atoms. The lowest BCUT2D eigenvalue weighted by Crippen LogP contribution is -2.39. The second kappa shape index (κ2) is 6.21. The highest BCUT2D eigenvalue weighted by Crippen LogP contribution is 2.20. The van der Waals surface area contributed by atoms with Gasteiger partial charge in [-0.05, 0) is 44.4 Å². The van der Waals surface area contributed by atoms with Gasteiger partial charge in [-0.15, -0.1) is 0 Å². The van der Waals surface area contributed by atoms with Crippen LogP contribution in [-0.2, 0) is 4.74 Å². The van der Waals surface area contributed by atoms with Gasteiger partial charge in [0.05, 0.1) is 13.2 Å². The molecule has 0 bridgehead atoms. The van der Waals surface area contributed by atoms with Crippen molar-refractivity contribution in [3.05, 3.63) is 29.8 Å². The van der Waals surface area contributed by atoms with E-state index >= 15 is 0 Å². The Balaban J connectivity index is 1.91. The number of ether oxygens (including phenoxy) is 2. The van der Waals surface area contributed by atoms with E-state index in [4.69, 9.17) is 9.47 Å². The summed E-state index contributed by atoms with van der Waals surface area (Å²) < 4.78 is 10.7. The number of hydrogen-bond donors (Lipinski definition) is 1. The predicted molar refractivity (Wildman–Crippen MR) is 73.0 cm³/mol. The van der Waals surface area contributed by atoms with E-state index in [-0.39, 0.29) is 0 Å². The Morgan fingerprint density at radius 2 is 2.06 bits per heavy atom. The lowest BCUT2D eigenvalue weighted by molar-refractivity contribution is 0.0116. The molecule has 1 saturated heterocycles. The zero-order valence-electron chi connectivity index (χ0n) is 11.5. The fourth-order valence-corrected chi connectivity index (χ4v) is 2.49. The van der Waals surface area contributed by atoms with Crippen LogP contribution in [0.25, 0.3) is 0 Å². The van der Waals surface area contributed by atoms with E-state index in [1.807, 2.05) is 12.1 Å². The van der Waals surface area contributed by atoms with Crippen LogP contribution in [0.3, 0.4) is 0 Å². The Bertz CT molecular complexity index is 363. The van der Waals surface area contributed by atoms with Crippen molar-refractivity contribution in [2.24, 2.45) is 0 Å². The van der Waals surface area contributed by atoms with Crippen LogP contribution in [0.15, 0.2) is 24.3 Å². The first-order valence-electron chi connectivity index (χ1n) is 6.70. The Kier molecular flexibility index (Phi) is 4.61. The highest BCUT2D eigenvalue weighted by Gasteiger charge is 2.20. The van der Waals surface area contributed by atoms with Gasteiger partial charge < -0.3 is 14.8 Å². The minimum atomic E-state index is 0.367. The molecule has 1 N–H and O–H groups in total. The first-order valence-corrected chi connectivity index (χ1v) is 6.70. The summed E-state index contributed by atoms with van der Waals surface area (Å²) in [4.78, 5) is 0. The SMILES string of the molecule is COc1ccc([C@H](C)NC2CCOC(C)C2)cc1. The average molecular weight is 249 g/mol. The molecular weight excluding hydrogens is 226 g/mol. The molecule has 0 amide bonds. The summed E-state index contributed by atoms with van der Waals surface area (Å²) in [6.45, 7) is 5.22. The lowest BCUT2D eigenvalue weighted by Gasteiger charge is -2.30. The van der Waals surface area contributed by atoms with Gasteiger partial charge in [0.25, 0.3) is 0 Å². The molecule has 0 aromatic heterocycles. The maximum atomic E-state index is 5.57. The quantitative estimate of drug-likeness (QED) is 0.890. The van der Waals surface area contributed by atoms with Gasteiger partial charge in [0, 0.05) is 18.7 Å². The van der Waals surface area contributed by atoms with E-state index in [0.717, 1.165) is 25.2 Å². The summed E-state index contributed by atoms with van der Waals surface area (Å²) in [7, 11) is 1.69. The third-order valence-corrected chi connectivity index (χ3v) is 3.59. The Labute approximate surface area is 109 Å². The number of methoxy groups -OCH3 is 1. The van der Waals surface area contributed by atoms with Crippen LogP contribution in [-0.4, -0.2) is 25.9 Å². The molecule has 100 valence electrons. The molecule has 1 fully saturated rings. The number of nitrogens with one attached hydrogen (secondary N) is 1. The van der Waals surface area contributed by atoms with Crippen molar-refractivity contribution >= 4 is 0 Å². The number of rotatable bonds is 4. The molecule has 2 rings (SSSR count). The average Bonchev–Trinajstić information content (AvgIpc) is 2.39. The summed E-state index contributed by atoms with van der Waals surface area (Å²) in [6.07, 6.45) is 2.57. The van der Waals surface area contributed by atoms with Crippen LogP contribution < -0.4 is 10.1 Å². The molecule has 3 atom stereocenters. The zero-order chi connectivity index (χ0) is 13.0. The minimum Gasteiger partial charge on any atom is -0.497 e. The van der Waals surface area contributed by atoms with E-state index < -0.39 is 0 Å². The highest BCUT2D eigenvalue weighted by molar-refractivity contribution is 5.28. The molecule has 1 aliphatic rings. The van der Waals surface area contributed by atoms with Gasteiger partial charge in [-0.25, -0.2) is 0 Å². The van der Waals surface area contributed by atoms with E-state index in [2.05, 4.69) is 31.3 Å². The van der Waals surface area contributed by atoms with Crippen LogP contribution in [0.1, 0.15) is 38.3 Å². The van der Waals surface area contributed by atoms with Crippen LogP contribution in [0, 0.1) is 0 Å². The highest BCUT2D eigenvalue weighted by atomic mass is 16.5. The Morgan fingerprint density at radius 1 is 1.33 bits per heavy atom. The molecule has 3 heteroatoms. The van der Waals surface area contributed by atoms with Crippen molar-refractivity contribution in [2.75, 3.05) is 13.7 Å². The summed E-state index contributed by atoms with van der Waals surface area (Å²) >= 11 is 0. The van der Waals surface area contributed by atoms with Gasteiger partial charge in [-0.2, -0.15) is 0 Å². The van der Waals surface area contributed by atoms with E-state index in [1.165, 1.54) is 5.56 Å². The predicted octanol–water partition coefficient (Wildman–Crippen LogP) is 2.91. The maximum Gasteiger partial charge on any atom is 0.118 e. The Hall–Kier alpha value is -1.06. The molecular formula is C15H23NO2. The summed E-state index contributed by atoms with van der Waals surface area (Å²) in [5.41, 5.74) is 1.30. The molecule has 18 heavy (non-hydrogen) atoms. The molecule has 0 radical (unpaired) electrons. The smallest absolute Gasteiger partial charge is 0.118 e. The number of hydrogen-bond acceptors (Lipinski definition) is 3. The van der Waals surface area contributed by atoms with Crippen LogP contribution >= 0.6 is 0 Å². The second-order valence-corrected chi connectivity index (χ2v) is 5.06. The molecule has 1 aromatic rings. The molecule has 0 aliphatic carbocycles. The second-order valence-electron chi connectivity index (χ2n) is 5.06. The fraction of sp³-hybridized carbons (Fsp3) is 0.600. The van der Waals surface area contributed by atoms with Gasteiger partial charge in [-0.1, -0.05) is 12.1 Å². The molecule has 3 nitrogen and oxygen atoms in total. The van der Waals surface area contributed by atoms with Crippen LogP contribution in [0.5, 0.6) is 5.75 Å². The van der Waals surface area contributed by atoms with E-state index in [9.17, 15) is 0 Å². The van der Waals surface area contributed by atoms with Gasteiger partial charge >= 0.3 is 0 Å². The first kappa shape index (κ1) is 13.4. The molecule has 1 aromatic carbocycles. The van der Waals surface area contributed by atoms with Crippen molar-refractivity contribution in [1.82, 2.24) is 5.32 Å². The number of benzene rings is 1. The fourth-order valence-electron chi connectivity index (χ4n) is 2.49. The molecule has 0 saturated carbocycles. The standard InChI is InChI=1S/C15H23NO2/c1-11-10-14(8-9-18-11)16-12(2)13-4-6-15(17-3)7-5-13/h4-7,11-12,14,16H,8-10H2,1-3H3/t11?,12-,14?/m0/s1. The van der Waals surface area contributed by atoms with Gasteiger partial charge in [-0.3, -0.25) is 0 Å². The van der Waals surface area contributed by atoms with Gasteiger partial charge in [0.15, 0.2) is 0 Å². The van der Waals surface area contributed by atoms with Gasteiger partial charge in [0.2, 0.25) is 0 Å². The zero-order valence-corrected chi connectivity index (χ0v) is 11.5. The maximum absolute atomic E-state index is 5.57. The first-order chi connectivity index (χ1) is 8.69. The van der Waals surface area contributed by atoms with Crippen LogP contribution in [0.2, 0.25) is 0 Å². The third-order valence-electron chi connectivity index (χ3n) is 3.59. The normalized spacial score (nSPS) is 25.7.